The molecule has 1 unspecified atom stereocenters. The van der Waals surface area contributed by atoms with E-state index in [-0.39, 0.29) is 0 Å². The summed E-state index contributed by atoms with van der Waals surface area (Å²) in [7, 11) is 0. The first kappa shape index (κ1) is 6.64. The molecule has 1 saturated carbocycles. The van der Waals surface area contributed by atoms with Gasteiger partial charge >= 0.3 is 0 Å². The van der Waals surface area contributed by atoms with Crippen LogP contribution in [0, 0.1) is 18.3 Å². The third-order valence-electron chi connectivity index (χ3n) is 1.99. The zero-order valence-corrected chi connectivity index (χ0v) is 5.43. The summed E-state index contributed by atoms with van der Waals surface area (Å²) >= 11 is 0. The van der Waals surface area contributed by atoms with Crippen molar-refractivity contribution < 1.29 is 5.11 Å². The van der Waals surface area contributed by atoms with Crippen molar-refractivity contribution >= 4 is 0 Å². The Morgan fingerprint density at radius 2 is 2.00 bits per heavy atom. The Morgan fingerprint density at radius 1 is 1.44 bits per heavy atom. The van der Waals surface area contributed by atoms with Crippen LogP contribution in [0.5, 0.6) is 0 Å². The van der Waals surface area contributed by atoms with Gasteiger partial charge in [-0.05, 0) is 25.2 Å². The molecule has 0 spiro atoms. The molecule has 0 aromatic heterocycles. The molecule has 0 aromatic rings. The van der Waals surface area contributed by atoms with E-state index in [1.165, 1.54) is 12.8 Å². The third kappa shape index (κ3) is 1.46. The molecule has 0 amide bonds. The van der Waals surface area contributed by atoms with Crippen LogP contribution in [0.3, 0.4) is 0 Å². The summed E-state index contributed by atoms with van der Waals surface area (Å²) in [5.74, 6) is 2.45. The highest BCUT2D eigenvalue weighted by Crippen LogP contribution is 2.27. The minimum Gasteiger partial charge on any atom is -0.380 e. The van der Waals surface area contributed by atoms with Crippen LogP contribution in [0.15, 0.2) is 0 Å². The fourth-order valence-electron chi connectivity index (χ4n) is 1.39. The lowest BCUT2D eigenvalue weighted by Gasteiger charge is -2.09. The van der Waals surface area contributed by atoms with Crippen molar-refractivity contribution in [2.45, 2.75) is 31.8 Å². The summed E-state index contributed by atoms with van der Waals surface area (Å²) in [6.07, 6.45) is 10.7. The Kier molecular flexibility index (Phi) is 2.13. The molecular formula is C8H11O. The molecule has 1 N–H and O–H groups in total. The topological polar surface area (TPSA) is 20.2 Å². The van der Waals surface area contributed by atoms with Crippen molar-refractivity contribution in [1.82, 2.24) is 0 Å². The van der Waals surface area contributed by atoms with E-state index >= 15 is 0 Å². The SMILES string of the molecule is [C]#CC(O)C1CCCC1. The van der Waals surface area contributed by atoms with Crippen LogP contribution in [-0.4, -0.2) is 11.2 Å². The van der Waals surface area contributed by atoms with E-state index in [1.54, 1.807) is 0 Å². The van der Waals surface area contributed by atoms with Gasteiger partial charge in [-0.25, -0.2) is 0 Å². The molecule has 9 heavy (non-hydrogen) atoms. The van der Waals surface area contributed by atoms with Crippen LogP contribution in [0.1, 0.15) is 25.7 Å². The summed E-state index contributed by atoms with van der Waals surface area (Å²) < 4.78 is 0. The summed E-state index contributed by atoms with van der Waals surface area (Å²) in [4.78, 5) is 0. The fourth-order valence-corrected chi connectivity index (χ4v) is 1.39. The largest absolute Gasteiger partial charge is 0.380 e. The molecule has 0 aliphatic heterocycles. The van der Waals surface area contributed by atoms with E-state index in [2.05, 4.69) is 5.92 Å². The molecule has 0 bridgehead atoms. The fraction of sp³-hybridized carbons (Fsp3) is 0.750. The first-order valence-corrected chi connectivity index (χ1v) is 3.45. The van der Waals surface area contributed by atoms with Gasteiger partial charge in [-0.15, -0.1) is 0 Å². The second-order valence-electron chi connectivity index (χ2n) is 2.63. The van der Waals surface area contributed by atoms with Gasteiger partial charge in [-0.2, -0.15) is 0 Å². The average molecular weight is 123 g/mol. The van der Waals surface area contributed by atoms with E-state index in [0.29, 0.717) is 5.92 Å². The third-order valence-corrected chi connectivity index (χ3v) is 1.99. The minimum atomic E-state index is -0.590. The van der Waals surface area contributed by atoms with E-state index in [0.717, 1.165) is 12.8 Å². The van der Waals surface area contributed by atoms with Crippen molar-refractivity contribution in [2.24, 2.45) is 5.92 Å². The van der Waals surface area contributed by atoms with Crippen LogP contribution >= 0.6 is 0 Å². The second-order valence-corrected chi connectivity index (χ2v) is 2.63. The molecule has 1 aliphatic carbocycles. The summed E-state index contributed by atoms with van der Waals surface area (Å²) in [5.41, 5.74) is 0. The Balaban J connectivity index is 2.34. The van der Waals surface area contributed by atoms with Crippen molar-refractivity contribution in [3.05, 3.63) is 6.42 Å². The maximum Gasteiger partial charge on any atom is 0.118 e. The Labute approximate surface area is 56.1 Å². The van der Waals surface area contributed by atoms with Crippen LogP contribution < -0.4 is 0 Å². The lowest BCUT2D eigenvalue weighted by Crippen LogP contribution is -2.14. The molecule has 1 aliphatic rings. The summed E-state index contributed by atoms with van der Waals surface area (Å²) in [6, 6.07) is 0. The maximum absolute atomic E-state index is 9.06. The smallest absolute Gasteiger partial charge is 0.118 e. The van der Waals surface area contributed by atoms with Crippen molar-refractivity contribution in [2.75, 3.05) is 0 Å². The molecule has 1 fully saturated rings. The van der Waals surface area contributed by atoms with Crippen molar-refractivity contribution in [3.63, 3.8) is 0 Å². The normalized spacial score (nSPS) is 23.6. The molecule has 1 atom stereocenters. The molecule has 1 radical (unpaired) electrons. The zero-order valence-electron chi connectivity index (χ0n) is 5.43. The average Bonchev–Trinajstić information content (AvgIpc) is 2.37. The van der Waals surface area contributed by atoms with E-state index in [9.17, 15) is 0 Å². The van der Waals surface area contributed by atoms with Gasteiger partial charge in [-0.1, -0.05) is 18.8 Å². The van der Waals surface area contributed by atoms with Crippen LogP contribution in [0.2, 0.25) is 0 Å². The number of hydrogen-bond acceptors (Lipinski definition) is 1. The van der Waals surface area contributed by atoms with Crippen molar-refractivity contribution in [3.8, 4) is 5.92 Å². The Hall–Kier alpha value is -0.480. The molecule has 0 saturated heterocycles. The van der Waals surface area contributed by atoms with Gasteiger partial charge in [0.25, 0.3) is 0 Å². The molecule has 1 heteroatoms. The maximum atomic E-state index is 9.06. The predicted molar refractivity (Wildman–Crippen MR) is 35.1 cm³/mol. The highest BCUT2D eigenvalue weighted by atomic mass is 16.3. The molecule has 1 rings (SSSR count). The van der Waals surface area contributed by atoms with Crippen molar-refractivity contribution in [1.29, 1.82) is 0 Å². The van der Waals surface area contributed by atoms with E-state index in [1.807, 2.05) is 0 Å². The molecule has 0 aromatic carbocycles. The molecule has 49 valence electrons. The number of rotatable bonds is 1. The minimum absolute atomic E-state index is 0.336. The summed E-state index contributed by atoms with van der Waals surface area (Å²) in [5, 5.41) is 9.06. The second kappa shape index (κ2) is 2.89. The number of aliphatic hydroxyl groups excluding tert-OH is 1. The number of aliphatic hydroxyl groups is 1. The van der Waals surface area contributed by atoms with E-state index in [4.69, 9.17) is 11.5 Å². The predicted octanol–water partition coefficient (Wildman–Crippen LogP) is 1.13. The standard InChI is InChI=1S/C8H11O/c1-2-8(9)7-5-3-4-6-7/h7-9H,3-6H2. The number of hydrogen-bond donors (Lipinski definition) is 1. The van der Waals surface area contributed by atoms with Gasteiger partial charge in [0, 0.05) is 0 Å². The van der Waals surface area contributed by atoms with Gasteiger partial charge in [0.05, 0.1) is 0 Å². The monoisotopic (exact) mass is 123 g/mol. The highest BCUT2D eigenvalue weighted by molar-refractivity contribution is 4.93. The van der Waals surface area contributed by atoms with Gasteiger partial charge in [-0.3, -0.25) is 0 Å². The zero-order chi connectivity index (χ0) is 6.69. The van der Waals surface area contributed by atoms with Crippen LogP contribution in [-0.2, 0) is 0 Å². The van der Waals surface area contributed by atoms with Gasteiger partial charge in [0.1, 0.15) is 6.10 Å². The Morgan fingerprint density at radius 3 is 2.44 bits per heavy atom. The van der Waals surface area contributed by atoms with E-state index < -0.39 is 6.10 Å². The van der Waals surface area contributed by atoms with Crippen LogP contribution in [0.4, 0.5) is 0 Å². The van der Waals surface area contributed by atoms with Gasteiger partial charge in [0.15, 0.2) is 0 Å². The first-order valence-electron chi connectivity index (χ1n) is 3.45. The quantitative estimate of drug-likeness (QED) is 0.518. The Bertz CT molecular complexity index is 117. The first-order chi connectivity index (χ1) is 4.34. The lowest BCUT2D eigenvalue weighted by molar-refractivity contribution is 0.164. The molecule has 1 nitrogen and oxygen atoms in total. The lowest BCUT2D eigenvalue weighted by atomic mass is 10.0. The van der Waals surface area contributed by atoms with Crippen LogP contribution in [0.25, 0.3) is 0 Å². The summed E-state index contributed by atoms with van der Waals surface area (Å²) in [6.45, 7) is 0. The van der Waals surface area contributed by atoms with Gasteiger partial charge < -0.3 is 5.11 Å². The highest BCUT2D eigenvalue weighted by Gasteiger charge is 2.20. The molecular weight excluding hydrogens is 112 g/mol. The molecule has 0 heterocycles. The van der Waals surface area contributed by atoms with Gasteiger partial charge in [0.2, 0.25) is 0 Å².